The van der Waals surface area contributed by atoms with E-state index >= 15 is 0 Å². The predicted molar refractivity (Wildman–Crippen MR) is 115 cm³/mol. The van der Waals surface area contributed by atoms with Crippen molar-refractivity contribution in [2.24, 2.45) is 0 Å². The number of methoxy groups -OCH3 is 1. The van der Waals surface area contributed by atoms with Crippen LogP contribution in [0.15, 0.2) is 16.0 Å². The van der Waals surface area contributed by atoms with E-state index in [-0.39, 0.29) is 17.2 Å². The molecule has 1 fully saturated rings. The highest BCUT2D eigenvalue weighted by Crippen LogP contribution is 2.25. The molecule has 1 aliphatic rings. The van der Waals surface area contributed by atoms with Gasteiger partial charge in [0.2, 0.25) is 5.91 Å². The molecule has 2 aromatic rings. The molecule has 8 heteroatoms. The Labute approximate surface area is 174 Å². The Hall–Kier alpha value is -1.38. The first kappa shape index (κ1) is 21.3. The van der Waals surface area contributed by atoms with E-state index in [4.69, 9.17) is 9.72 Å². The lowest BCUT2D eigenvalue weighted by molar-refractivity contribution is -0.119. The molecular formula is C20H29N3O3S2. The summed E-state index contributed by atoms with van der Waals surface area (Å²) in [6.45, 7) is 3.20. The molecule has 0 aliphatic heterocycles. The number of ether oxygens (including phenoxy) is 1. The van der Waals surface area contributed by atoms with Gasteiger partial charge in [-0.25, -0.2) is 4.98 Å². The number of fused-ring (bicyclic) bond motifs is 1. The normalized spacial score (nSPS) is 15.2. The molecule has 3 rings (SSSR count). The smallest absolute Gasteiger partial charge is 0.262 e. The van der Waals surface area contributed by atoms with Gasteiger partial charge in [0.05, 0.1) is 11.1 Å². The minimum Gasteiger partial charge on any atom is -0.385 e. The van der Waals surface area contributed by atoms with Crippen LogP contribution < -0.4 is 10.9 Å². The van der Waals surface area contributed by atoms with Gasteiger partial charge in [0.25, 0.3) is 5.56 Å². The summed E-state index contributed by atoms with van der Waals surface area (Å²) in [5.74, 6) is 0.306. The van der Waals surface area contributed by atoms with E-state index in [9.17, 15) is 9.59 Å². The van der Waals surface area contributed by atoms with E-state index in [1.165, 1.54) is 31.0 Å². The van der Waals surface area contributed by atoms with Gasteiger partial charge >= 0.3 is 0 Å². The number of hydrogen-bond donors (Lipinski definition) is 1. The van der Waals surface area contributed by atoms with Crippen LogP contribution in [0.3, 0.4) is 0 Å². The highest BCUT2D eigenvalue weighted by Gasteiger charge is 2.18. The van der Waals surface area contributed by atoms with Gasteiger partial charge in [0.1, 0.15) is 4.83 Å². The van der Waals surface area contributed by atoms with E-state index in [0.717, 1.165) is 35.4 Å². The van der Waals surface area contributed by atoms with E-state index in [1.54, 1.807) is 23.0 Å². The topological polar surface area (TPSA) is 73.2 Å². The van der Waals surface area contributed by atoms with Crippen molar-refractivity contribution in [2.75, 3.05) is 19.5 Å². The van der Waals surface area contributed by atoms with E-state index < -0.39 is 0 Å². The monoisotopic (exact) mass is 423 g/mol. The van der Waals surface area contributed by atoms with Gasteiger partial charge in [-0.05, 0) is 31.7 Å². The molecule has 0 bridgehead atoms. The van der Waals surface area contributed by atoms with Crippen LogP contribution in [0.2, 0.25) is 0 Å². The average Bonchev–Trinajstić information content (AvgIpc) is 3.13. The average molecular weight is 424 g/mol. The molecule has 0 atom stereocenters. The van der Waals surface area contributed by atoms with Crippen LogP contribution in [-0.4, -0.2) is 41.0 Å². The molecule has 0 unspecified atom stereocenters. The van der Waals surface area contributed by atoms with Crippen LogP contribution in [0.5, 0.6) is 0 Å². The Balaban J connectivity index is 1.76. The Bertz CT molecular complexity index is 856. The lowest BCUT2D eigenvalue weighted by atomic mass is 9.95. The molecule has 28 heavy (non-hydrogen) atoms. The zero-order valence-corrected chi connectivity index (χ0v) is 18.3. The number of rotatable bonds is 9. The molecule has 1 saturated carbocycles. The third-order valence-corrected chi connectivity index (χ3v) is 7.20. The summed E-state index contributed by atoms with van der Waals surface area (Å²) in [4.78, 5) is 32.0. The third-order valence-electron chi connectivity index (χ3n) is 5.05. The molecular weight excluding hydrogens is 394 g/mol. The van der Waals surface area contributed by atoms with Gasteiger partial charge in [-0.1, -0.05) is 37.9 Å². The molecule has 0 radical (unpaired) electrons. The molecule has 154 valence electrons. The largest absolute Gasteiger partial charge is 0.385 e. The molecule has 0 saturated heterocycles. The van der Waals surface area contributed by atoms with Crippen LogP contribution in [-0.2, 0) is 22.5 Å². The molecule has 1 N–H and O–H groups in total. The van der Waals surface area contributed by atoms with Crippen molar-refractivity contribution in [3.63, 3.8) is 0 Å². The number of thioether (sulfide) groups is 1. The Morgan fingerprint density at radius 3 is 2.89 bits per heavy atom. The van der Waals surface area contributed by atoms with Crippen molar-refractivity contribution in [3.05, 3.63) is 21.3 Å². The maximum atomic E-state index is 13.0. The molecule has 2 heterocycles. The summed E-state index contributed by atoms with van der Waals surface area (Å²) in [6, 6.07) is 2.25. The van der Waals surface area contributed by atoms with E-state index in [1.807, 2.05) is 6.07 Å². The van der Waals surface area contributed by atoms with Gasteiger partial charge in [-0.15, -0.1) is 11.3 Å². The first-order valence-electron chi connectivity index (χ1n) is 10.1. The number of aryl methyl sites for hydroxylation is 1. The lowest BCUT2D eigenvalue weighted by Crippen LogP contribution is -2.37. The minimum absolute atomic E-state index is 0.0211. The maximum absolute atomic E-state index is 13.0. The van der Waals surface area contributed by atoms with Crippen molar-refractivity contribution in [3.8, 4) is 0 Å². The number of carbonyl (C=O) groups is 1. The van der Waals surface area contributed by atoms with Crippen LogP contribution in [0.4, 0.5) is 0 Å². The van der Waals surface area contributed by atoms with E-state index in [2.05, 4.69) is 12.2 Å². The fourth-order valence-corrected chi connectivity index (χ4v) is 5.39. The first-order chi connectivity index (χ1) is 13.6. The third kappa shape index (κ3) is 5.36. The van der Waals surface area contributed by atoms with Crippen LogP contribution in [0.1, 0.15) is 50.3 Å². The molecule has 6 nitrogen and oxygen atoms in total. The quantitative estimate of drug-likeness (QED) is 0.379. The number of nitrogens with zero attached hydrogens (tertiary/aromatic N) is 2. The number of thiophene rings is 1. The van der Waals surface area contributed by atoms with Crippen molar-refractivity contribution < 1.29 is 9.53 Å². The van der Waals surface area contributed by atoms with Crippen molar-refractivity contribution in [1.82, 2.24) is 14.9 Å². The number of hydrogen-bond acceptors (Lipinski definition) is 6. The fraction of sp³-hybridized carbons (Fsp3) is 0.650. The zero-order chi connectivity index (χ0) is 19.9. The SMILES string of the molecule is CCc1cc2c(=O)n(CCCOC)c(SCC(=O)NC3CCCCC3)nc2s1. The number of aromatic nitrogens is 2. The van der Waals surface area contributed by atoms with Gasteiger partial charge in [-0.3, -0.25) is 14.2 Å². The van der Waals surface area contributed by atoms with Crippen LogP contribution in [0.25, 0.3) is 10.2 Å². The zero-order valence-electron chi connectivity index (χ0n) is 16.7. The summed E-state index contributed by atoms with van der Waals surface area (Å²) < 4.78 is 6.83. The molecule has 1 aliphatic carbocycles. The summed E-state index contributed by atoms with van der Waals surface area (Å²) in [5.41, 5.74) is -0.0211. The van der Waals surface area contributed by atoms with Gasteiger partial charge in [0, 0.05) is 31.2 Å². The second-order valence-corrected chi connectivity index (χ2v) is 9.23. The Morgan fingerprint density at radius 1 is 1.39 bits per heavy atom. The maximum Gasteiger partial charge on any atom is 0.262 e. The predicted octanol–water partition coefficient (Wildman–Crippen LogP) is 3.60. The Kier molecular flexibility index (Phi) is 7.93. The summed E-state index contributed by atoms with van der Waals surface area (Å²) in [5, 5.41) is 4.43. The second kappa shape index (κ2) is 10.4. The molecule has 1 amide bonds. The lowest BCUT2D eigenvalue weighted by Gasteiger charge is -2.22. The van der Waals surface area contributed by atoms with Gasteiger partial charge in [0.15, 0.2) is 5.16 Å². The first-order valence-corrected chi connectivity index (χ1v) is 11.9. The summed E-state index contributed by atoms with van der Waals surface area (Å²) >= 11 is 2.92. The second-order valence-electron chi connectivity index (χ2n) is 7.17. The molecule has 0 spiro atoms. The van der Waals surface area contributed by atoms with Crippen molar-refractivity contribution in [2.45, 2.75) is 69.6 Å². The van der Waals surface area contributed by atoms with Crippen LogP contribution in [0, 0.1) is 0 Å². The number of nitrogens with one attached hydrogen (secondary N) is 1. The minimum atomic E-state index is -0.0211. The standard InChI is InChI=1S/C20H29N3O3S2/c1-3-15-12-16-18(28-15)22-20(23(19(16)25)10-7-11-26-2)27-13-17(24)21-14-8-5-4-6-9-14/h12,14H,3-11,13H2,1-2H3,(H,21,24). The number of carbonyl (C=O) groups excluding carboxylic acids is 1. The summed E-state index contributed by atoms with van der Waals surface area (Å²) in [7, 11) is 1.65. The van der Waals surface area contributed by atoms with E-state index in [0.29, 0.717) is 29.7 Å². The van der Waals surface area contributed by atoms with Crippen LogP contribution >= 0.6 is 23.1 Å². The highest BCUT2D eigenvalue weighted by atomic mass is 32.2. The molecule has 2 aromatic heterocycles. The van der Waals surface area contributed by atoms with Gasteiger partial charge < -0.3 is 10.1 Å². The fourth-order valence-electron chi connectivity index (χ4n) is 3.54. The van der Waals surface area contributed by atoms with Crippen molar-refractivity contribution in [1.29, 1.82) is 0 Å². The summed E-state index contributed by atoms with van der Waals surface area (Å²) in [6.07, 6.45) is 7.39. The number of amides is 1. The Morgan fingerprint density at radius 2 is 2.18 bits per heavy atom. The van der Waals surface area contributed by atoms with Gasteiger partial charge in [-0.2, -0.15) is 0 Å². The highest BCUT2D eigenvalue weighted by molar-refractivity contribution is 7.99. The van der Waals surface area contributed by atoms with Crippen molar-refractivity contribution >= 4 is 39.2 Å². The molecule has 0 aromatic carbocycles.